The van der Waals surface area contributed by atoms with E-state index in [0.29, 0.717) is 25.0 Å². The van der Waals surface area contributed by atoms with Crippen LogP contribution >= 0.6 is 0 Å². The van der Waals surface area contributed by atoms with Gasteiger partial charge in [0.2, 0.25) is 0 Å². The summed E-state index contributed by atoms with van der Waals surface area (Å²) in [5.41, 5.74) is 1.27. The number of sulfone groups is 1. The predicted octanol–water partition coefficient (Wildman–Crippen LogP) is 4.12. The molecule has 0 amide bonds. The van der Waals surface area contributed by atoms with Crippen molar-refractivity contribution in [1.82, 2.24) is 0 Å². The first-order valence-electron chi connectivity index (χ1n) is 8.84. The van der Waals surface area contributed by atoms with Crippen molar-refractivity contribution in [3.63, 3.8) is 0 Å². The van der Waals surface area contributed by atoms with Crippen molar-refractivity contribution in [1.29, 1.82) is 0 Å². The lowest BCUT2D eigenvalue weighted by molar-refractivity contribution is -0.137. The Morgan fingerprint density at radius 3 is 2.44 bits per heavy atom. The van der Waals surface area contributed by atoms with Crippen LogP contribution in [0.3, 0.4) is 0 Å². The first kappa shape index (κ1) is 20.7. The molecule has 0 aliphatic heterocycles. The fourth-order valence-corrected chi connectivity index (χ4v) is 4.05. The molecule has 0 aliphatic rings. The van der Waals surface area contributed by atoms with Crippen molar-refractivity contribution in [2.24, 2.45) is 0 Å². The standard InChI is InChI=1S/C21H24O5S/c1-2-21(23)26-14-8-3-4-9-15-27(24,25)18-12-13-20(22)19(16-18)17-10-6-5-7-11-17/h2,5-7,10-13,16,22H,1,3-4,8-9,14-15H2. The Balaban J connectivity index is 1.91. The molecule has 2 rings (SSSR count). The summed E-state index contributed by atoms with van der Waals surface area (Å²) in [6.45, 7) is 3.63. The Kier molecular flexibility index (Phi) is 7.61. The van der Waals surface area contributed by atoms with Gasteiger partial charge in [0.05, 0.1) is 17.3 Å². The molecular formula is C21H24O5S. The zero-order valence-electron chi connectivity index (χ0n) is 15.1. The van der Waals surface area contributed by atoms with E-state index in [1.807, 2.05) is 30.3 Å². The van der Waals surface area contributed by atoms with E-state index >= 15 is 0 Å². The predicted molar refractivity (Wildman–Crippen MR) is 105 cm³/mol. The maximum Gasteiger partial charge on any atom is 0.330 e. The summed E-state index contributed by atoms with van der Waals surface area (Å²) in [5.74, 6) is -0.355. The van der Waals surface area contributed by atoms with Gasteiger partial charge in [0.1, 0.15) is 5.75 Å². The van der Waals surface area contributed by atoms with E-state index in [-0.39, 0.29) is 16.4 Å². The Morgan fingerprint density at radius 2 is 1.74 bits per heavy atom. The van der Waals surface area contributed by atoms with E-state index in [4.69, 9.17) is 4.74 Å². The highest BCUT2D eigenvalue weighted by Gasteiger charge is 2.16. The number of carbonyl (C=O) groups is 1. The van der Waals surface area contributed by atoms with Gasteiger partial charge in [-0.1, -0.05) is 49.8 Å². The molecule has 0 fully saturated rings. The lowest BCUT2D eigenvalue weighted by Crippen LogP contribution is -2.07. The van der Waals surface area contributed by atoms with Gasteiger partial charge in [-0.2, -0.15) is 0 Å². The van der Waals surface area contributed by atoms with Crippen molar-refractivity contribution in [3.8, 4) is 16.9 Å². The zero-order valence-corrected chi connectivity index (χ0v) is 16.0. The second kappa shape index (κ2) is 9.92. The van der Waals surface area contributed by atoms with Crippen molar-refractivity contribution in [2.75, 3.05) is 12.4 Å². The van der Waals surface area contributed by atoms with Crippen molar-refractivity contribution in [3.05, 3.63) is 61.2 Å². The zero-order chi connectivity index (χ0) is 19.7. The minimum Gasteiger partial charge on any atom is -0.507 e. The highest BCUT2D eigenvalue weighted by Crippen LogP contribution is 2.31. The number of phenolic OH excluding ortho intramolecular Hbond substituents is 1. The van der Waals surface area contributed by atoms with Crippen LogP contribution in [-0.2, 0) is 19.4 Å². The van der Waals surface area contributed by atoms with E-state index in [2.05, 4.69) is 6.58 Å². The number of esters is 1. The van der Waals surface area contributed by atoms with Gasteiger partial charge in [-0.25, -0.2) is 13.2 Å². The maximum absolute atomic E-state index is 12.6. The van der Waals surface area contributed by atoms with Crippen LogP contribution in [0.15, 0.2) is 66.1 Å². The Hall–Kier alpha value is -2.60. The summed E-state index contributed by atoms with van der Waals surface area (Å²) in [7, 11) is -3.43. The molecule has 0 aromatic heterocycles. The van der Waals surface area contributed by atoms with Gasteiger partial charge in [0.25, 0.3) is 0 Å². The van der Waals surface area contributed by atoms with Crippen molar-refractivity contribution >= 4 is 15.8 Å². The number of unbranched alkanes of at least 4 members (excludes halogenated alkanes) is 3. The molecule has 0 saturated carbocycles. The lowest BCUT2D eigenvalue weighted by Gasteiger charge is -2.09. The van der Waals surface area contributed by atoms with Crippen LogP contribution in [0.5, 0.6) is 5.75 Å². The van der Waals surface area contributed by atoms with Crippen LogP contribution in [-0.4, -0.2) is 31.9 Å². The molecular weight excluding hydrogens is 364 g/mol. The highest BCUT2D eigenvalue weighted by molar-refractivity contribution is 7.91. The molecule has 0 atom stereocenters. The molecule has 0 radical (unpaired) electrons. The third-order valence-electron chi connectivity index (χ3n) is 4.13. The molecule has 5 nitrogen and oxygen atoms in total. The summed E-state index contributed by atoms with van der Waals surface area (Å²) in [6.07, 6.45) is 3.85. The van der Waals surface area contributed by atoms with E-state index < -0.39 is 15.8 Å². The number of hydrogen-bond donors (Lipinski definition) is 1. The summed E-state index contributed by atoms with van der Waals surface area (Å²) >= 11 is 0. The van der Waals surface area contributed by atoms with E-state index in [0.717, 1.165) is 24.5 Å². The molecule has 2 aromatic carbocycles. The van der Waals surface area contributed by atoms with Gasteiger partial charge in [-0.05, 0) is 36.6 Å². The molecule has 0 bridgehead atoms. The third kappa shape index (κ3) is 6.25. The number of hydrogen-bond acceptors (Lipinski definition) is 5. The van der Waals surface area contributed by atoms with Gasteiger partial charge in [0.15, 0.2) is 9.84 Å². The number of ether oxygens (including phenoxy) is 1. The molecule has 0 unspecified atom stereocenters. The van der Waals surface area contributed by atoms with Crippen LogP contribution < -0.4 is 0 Å². The average molecular weight is 388 g/mol. The second-order valence-corrected chi connectivity index (χ2v) is 8.26. The van der Waals surface area contributed by atoms with Crippen LogP contribution in [0, 0.1) is 0 Å². The minimum absolute atomic E-state index is 0.0401. The average Bonchev–Trinajstić information content (AvgIpc) is 2.67. The van der Waals surface area contributed by atoms with Crippen LogP contribution in [0.25, 0.3) is 11.1 Å². The van der Waals surface area contributed by atoms with Gasteiger partial charge in [0, 0.05) is 11.6 Å². The van der Waals surface area contributed by atoms with Gasteiger partial charge < -0.3 is 9.84 Å². The fourth-order valence-electron chi connectivity index (χ4n) is 2.65. The molecule has 6 heteroatoms. The number of aromatic hydroxyl groups is 1. The lowest BCUT2D eigenvalue weighted by atomic mass is 10.1. The van der Waals surface area contributed by atoms with Gasteiger partial charge >= 0.3 is 5.97 Å². The second-order valence-electron chi connectivity index (χ2n) is 6.15. The first-order valence-corrected chi connectivity index (χ1v) is 10.5. The van der Waals surface area contributed by atoms with Crippen molar-refractivity contribution in [2.45, 2.75) is 30.6 Å². The Labute approximate surface area is 160 Å². The van der Waals surface area contributed by atoms with Crippen molar-refractivity contribution < 1.29 is 23.1 Å². The first-order chi connectivity index (χ1) is 12.9. The maximum atomic E-state index is 12.6. The van der Waals surface area contributed by atoms with Gasteiger partial charge in [-0.3, -0.25) is 0 Å². The number of phenols is 1. The summed E-state index contributed by atoms with van der Waals surface area (Å²) in [4.78, 5) is 11.1. The molecule has 0 saturated heterocycles. The number of carbonyl (C=O) groups excluding carboxylic acids is 1. The minimum atomic E-state index is -3.43. The van der Waals surface area contributed by atoms with E-state index in [1.54, 1.807) is 0 Å². The fraction of sp³-hybridized carbons (Fsp3) is 0.286. The normalized spacial score (nSPS) is 11.1. The van der Waals surface area contributed by atoms with Gasteiger partial charge in [-0.15, -0.1) is 0 Å². The summed E-state index contributed by atoms with van der Waals surface area (Å²) < 4.78 is 30.0. The molecule has 0 aliphatic carbocycles. The molecule has 1 N–H and O–H groups in total. The summed E-state index contributed by atoms with van der Waals surface area (Å²) in [6, 6.07) is 13.6. The monoisotopic (exact) mass is 388 g/mol. The van der Waals surface area contributed by atoms with Crippen LogP contribution in [0.4, 0.5) is 0 Å². The van der Waals surface area contributed by atoms with Crippen LogP contribution in [0.1, 0.15) is 25.7 Å². The molecule has 27 heavy (non-hydrogen) atoms. The SMILES string of the molecule is C=CC(=O)OCCCCCCS(=O)(=O)c1ccc(O)c(-c2ccccc2)c1. The third-order valence-corrected chi connectivity index (χ3v) is 5.93. The Morgan fingerprint density at radius 1 is 1.04 bits per heavy atom. The Bertz CT molecular complexity index is 873. The topological polar surface area (TPSA) is 80.7 Å². The molecule has 0 heterocycles. The smallest absolute Gasteiger partial charge is 0.330 e. The van der Waals surface area contributed by atoms with Crippen LogP contribution in [0.2, 0.25) is 0 Å². The quantitative estimate of drug-likeness (QED) is 0.376. The molecule has 2 aromatic rings. The molecule has 0 spiro atoms. The summed E-state index contributed by atoms with van der Waals surface area (Å²) in [5, 5.41) is 10.1. The number of rotatable bonds is 10. The van der Waals surface area contributed by atoms with E-state index in [9.17, 15) is 18.3 Å². The molecule has 144 valence electrons. The van der Waals surface area contributed by atoms with E-state index in [1.165, 1.54) is 18.2 Å². The highest BCUT2D eigenvalue weighted by atomic mass is 32.2. The number of benzene rings is 2. The largest absolute Gasteiger partial charge is 0.507 e.